The minimum atomic E-state index is -0.240. The highest BCUT2D eigenvalue weighted by Crippen LogP contribution is 2.30. The molecule has 128 valence electrons. The van der Waals surface area contributed by atoms with Crippen LogP contribution in [0.25, 0.3) is 11.3 Å². The van der Waals surface area contributed by atoms with E-state index in [2.05, 4.69) is 15.2 Å². The first-order chi connectivity index (χ1) is 11.5. The summed E-state index contributed by atoms with van der Waals surface area (Å²) in [5, 5.41) is 5.97. The van der Waals surface area contributed by atoms with Gasteiger partial charge in [-0.15, -0.1) is 11.3 Å². The number of amides is 1. The van der Waals surface area contributed by atoms with Crippen molar-refractivity contribution in [2.24, 2.45) is 5.92 Å². The summed E-state index contributed by atoms with van der Waals surface area (Å²) in [6, 6.07) is 6.58. The zero-order valence-electron chi connectivity index (χ0n) is 14.0. The summed E-state index contributed by atoms with van der Waals surface area (Å²) in [4.78, 5) is 19.0. The maximum absolute atomic E-state index is 13.0. The third-order valence-electron chi connectivity index (χ3n) is 4.20. The molecule has 6 heteroatoms. The molecule has 0 bridgehead atoms. The van der Waals surface area contributed by atoms with Crippen molar-refractivity contribution < 1.29 is 9.18 Å². The molecular formula is C18H22FN3OS. The number of piperidine rings is 1. The Balaban J connectivity index is 1.61. The summed E-state index contributed by atoms with van der Waals surface area (Å²) < 4.78 is 13.0. The van der Waals surface area contributed by atoms with Crippen LogP contribution in [-0.2, 0) is 4.79 Å². The van der Waals surface area contributed by atoms with Crippen LogP contribution in [0.4, 0.5) is 9.52 Å². The topological polar surface area (TPSA) is 45.2 Å². The fraction of sp³-hybridized carbons (Fsp3) is 0.444. The van der Waals surface area contributed by atoms with Gasteiger partial charge in [0.15, 0.2) is 5.13 Å². The molecule has 0 radical (unpaired) electrons. The standard InChI is InChI=1S/C18H22FN3OS/c1-12(2)20-17(23)14-7-9-22(10-8-14)18-21-16(11-24-18)13-3-5-15(19)6-4-13/h3-6,11-12,14H,7-10H2,1-2H3,(H,20,23). The minimum Gasteiger partial charge on any atom is -0.354 e. The molecule has 1 aliphatic rings. The number of carbonyl (C=O) groups is 1. The zero-order chi connectivity index (χ0) is 17.1. The van der Waals surface area contributed by atoms with Crippen LogP contribution in [0.2, 0.25) is 0 Å². The van der Waals surface area contributed by atoms with E-state index in [-0.39, 0.29) is 23.7 Å². The Morgan fingerprint density at radius 1 is 1.29 bits per heavy atom. The number of hydrogen-bond donors (Lipinski definition) is 1. The Labute approximate surface area is 145 Å². The summed E-state index contributed by atoms with van der Waals surface area (Å²) in [6.07, 6.45) is 1.70. The van der Waals surface area contributed by atoms with E-state index in [0.717, 1.165) is 42.3 Å². The van der Waals surface area contributed by atoms with Gasteiger partial charge in [-0.05, 0) is 51.0 Å². The lowest BCUT2D eigenvalue weighted by atomic mass is 9.96. The normalized spacial score (nSPS) is 15.8. The first-order valence-corrected chi connectivity index (χ1v) is 9.17. The molecule has 0 saturated carbocycles. The highest BCUT2D eigenvalue weighted by atomic mass is 32.1. The van der Waals surface area contributed by atoms with Crippen molar-refractivity contribution in [3.63, 3.8) is 0 Å². The van der Waals surface area contributed by atoms with Gasteiger partial charge in [-0.1, -0.05) is 0 Å². The summed E-state index contributed by atoms with van der Waals surface area (Å²) in [5.74, 6) is 0.0203. The number of nitrogens with one attached hydrogen (secondary N) is 1. The first kappa shape index (κ1) is 16.9. The van der Waals surface area contributed by atoms with Gasteiger partial charge in [-0.2, -0.15) is 0 Å². The Kier molecular flexibility index (Phi) is 5.14. The highest BCUT2D eigenvalue weighted by molar-refractivity contribution is 7.14. The lowest BCUT2D eigenvalue weighted by molar-refractivity contribution is -0.126. The zero-order valence-corrected chi connectivity index (χ0v) is 14.8. The maximum atomic E-state index is 13.0. The SMILES string of the molecule is CC(C)NC(=O)C1CCN(c2nc(-c3ccc(F)cc3)cs2)CC1. The molecule has 0 aliphatic carbocycles. The Morgan fingerprint density at radius 3 is 2.58 bits per heavy atom. The molecule has 24 heavy (non-hydrogen) atoms. The molecule has 1 saturated heterocycles. The Bertz CT molecular complexity index is 691. The second kappa shape index (κ2) is 7.30. The van der Waals surface area contributed by atoms with Crippen molar-refractivity contribution in [1.82, 2.24) is 10.3 Å². The van der Waals surface area contributed by atoms with Crippen molar-refractivity contribution in [2.75, 3.05) is 18.0 Å². The number of benzene rings is 1. The van der Waals surface area contributed by atoms with E-state index < -0.39 is 0 Å². The van der Waals surface area contributed by atoms with Crippen LogP contribution in [-0.4, -0.2) is 30.0 Å². The fourth-order valence-corrected chi connectivity index (χ4v) is 3.79. The van der Waals surface area contributed by atoms with Crippen molar-refractivity contribution in [1.29, 1.82) is 0 Å². The van der Waals surface area contributed by atoms with E-state index in [0.29, 0.717) is 0 Å². The molecule has 1 aromatic carbocycles. The van der Waals surface area contributed by atoms with Crippen LogP contribution < -0.4 is 10.2 Å². The molecule has 1 N–H and O–H groups in total. The summed E-state index contributed by atoms with van der Waals surface area (Å²) in [6.45, 7) is 5.65. The molecule has 1 amide bonds. The summed E-state index contributed by atoms with van der Waals surface area (Å²) in [7, 11) is 0. The summed E-state index contributed by atoms with van der Waals surface area (Å²) >= 11 is 1.60. The maximum Gasteiger partial charge on any atom is 0.223 e. The smallest absolute Gasteiger partial charge is 0.223 e. The quantitative estimate of drug-likeness (QED) is 0.917. The van der Waals surface area contributed by atoms with Crippen LogP contribution in [0.1, 0.15) is 26.7 Å². The van der Waals surface area contributed by atoms with Crippen molar-refractivity contribution >= 4 is 22.4 Å². The summed E-state index contributed by atoms with van der Waals surface area (Å²) in [5.41, 5.74) is 1.79. The first-order valence-electron chi connectivity index (χ1n) is 8.29. The number of carbonyl (C=O) groups excluding carboxylic acids is 1. The van der Waals surface area contributed by atoms with Gasteiger partial charge in [0, 0.05) is 36.0 Å². The Hall–Kier alpha value is -1.95. The lowest BCUT2D eigenvalue weighted by Crippen LogP contribution is -2.42. The lowest BCUT2D eigenvalue weighted by Gasteiger charge is -2.31. The molecule has 1 fully saturated rings. The van der Waals surface area contributed by atoms with Gasteiger partial charge in [0.2, 0.25) is 5.91 Å². The second-order valence-electron chi connectivity index (χ2n) is 6.45. The molecule has 1 aliphatic heterocycles. The average Bonchev–Trinajstić information content (AvgIpc) is 3.05. The van der Waals surface area contributed by atoms with E-state index in [1.807, 2.05) is 19.2 Å². The third-order valence-corrected chi connectivity index (χ3v) is 5.10. The fourth-order valence-electron chi connectivity index (χ4n) is 2.90. The molecule has 1 aromatic heterocycles. The Morgan fingerprint density at radius 2 is 1.96 bits per heavy atom. The largest absolute Gasteiger partial charge is 0.354 e. The van der Waals surface area contributed by atoms with Crippen molar-refractivity contribution in [2.45, 2.75) is 32.7 Å². The van der Waals surface area contributed by atoms with E-state index in [1.165, 1.54) is 12.1 Å². The number of anilines is 1. The van der Waals surface area contributed by atoms with Crippen LogP contribution in [0.15, 0.2) is 29.6 Å². The van der Waals surface area contributed by atoms with Gasteiger partial charge < -0.3 is 10.2 Å². The van der Waals surface area contributed by atoms with Crippen LogP contribution in [0.5, 0.6) is 0 Å². The minimum absolute atomic E-state index is 0.0974. The van der Waals surface area contributed by atoms with Gasteiger partial charge in [0.1, 0.15) is 5.82 Å². The molecule has 4 nitrogen and oxygen atoms in total. The number of hydrogen-bond acceptors (Lipinski definition) is 4. The third kappa shape index (κ3) is 3.93. The van der Waals surface area contributed by atoms with E-state index in [1.54, 1.807) is 23.5 Å². The number of halogens is 1. The molecule has 0 atom stereocenters. The van der Waals surface area contributed by atoms with Gasteiger partial charge in [0.25, 0.3) is 0 Å². The molecule has 3 rings (SSSR count). The van der Waals surface area contributed by atoms with Crippen LogP contribution in [0.3, 0.4) is 0 Å². The van der Waals surface area contributed by atoms with Gasteiger partial charge in [-0.25, -0.2) is 9.37 Å². The van der Waals surface area contributed by atoms with E-state index in [9.17, 15) is 9.18 Å². The van der Waals surface area contributed by atoms with E-state index >= 15 is 0 Å². The van der Waals surface area contributed by atoms with Crippen molar-refractivity contribution in [3.8, 4) is 11.3 Å². The number of nitrogens with zero attached hydrogens (tertiary/aromatic N) is 2. The van der Waals surface area contributed by atoms with Crippen LogP contribution in [0, 0.1) is 11.7 Å². The second-order valence-corrected chi connectivity index (χ2v) is 7.28. The predicted molar refractivity (Wildman–Crippen MR) is 95.7 cm³/mol. The number of thiazole rings is 1. The molecular weight excluding hydrogens is 325 g/mol. The van der Waals surface area contributed by atoms with Gasteiger partial charge >= 0.3 is 0 Å². The monoisotopic (exact) mass is 347 g/mol. The van der Waals surface area contributed by atoms with E-state index in [4.69, 9.17) is 0 Å². The van der Waals surface area contributed by atoms with Gasteiger partial charge in [-0.3, -0.25) is 4.79 Å². The van der Waals surface area contributed by atoms with Gasteiger partial charge in [0.05, 0.1) is 5.69 Å². The van der Waals surface area contributed by atoms with Crippen LogP contribution >= 0.6 is 11.3 Å². The van der Waals surface area contributed by atoms with Crippen molar-refractivity contribution in [3.05, 3.63) is 35.5 Å². The number of rotatable bonds is 4. The number of aromatic nitrogens is 1. The molecule has 0 unspecified atom stereocenters. The predicted octanol–water partition coefficient (Wildman–Crippen LogP) is 3.69. The molecule has 2 aromatic rings. The molecule has 2 heterocycles. The molecule has 0 spiro atoms. The average molecular weight is 347 g/mol. The highest BCUT2D eigenvalue weighted by Gasteiger charge is 2.26.